The molecule has 1 N–H and O–H groups in total. The van der Waals surface area contributed by atoms with Crippen molar-refractivity contribution in [3.63, 3.8) is 0 Å². The number of aliphatic hydroxyl groups is 1. The van der Waals surface area contributed by atoms with Crippen LogP contribution in [0.15, 0.2) is 54.6 Å². The average molecular weight is 276 g/mol. The van der Waals surface area contributed by atoms with Crippen molar-refractivity contribution in [2.24, 2.45) is 0 Å². The first-order chi connectivity index (χ1) is 9.77. The van der Waals surface area contributed by atoms with Gasteiger partial charge in [0.15, 0.2) is 0 Å². The van der Waals surface area contributed by atoms with E-state index in [1.807, 2.05) is 30.3 Å². The van der Waals surface area contributed by atoms with E-state index in [2.05, 4.69) is 0 Å². The highest BCUT2D eigenvalue weighted by molar-refractivity contribution is 5.21. The summed E-state index contributed by atoms with van der Waals surface area (Å²) in [5, 5.41) is 9.81. The van der Waals surface area contributed by atoms with Crippen molar-refractivity contribution >= 4 is 0 Å². The first-order valence-electron chi connectivity index (χ1n) is 6.45. The normalized spacial score (nSPS) is 12.1. The first-order valence-corrected chi connectivity index (χ1v) is 6.45. The van der Waals surface area contributed by atoms with Gasteiger partial charge in [0.2, 0.25) is 0 Å². The molecule has 0 bridgehead atoms. The lowest BCUT2D eigenvalue weighted by atomic mass is 10.1. The van der Waals surface area contributed by atoms with E-state index < -0.39 is 11.9 Å². The zero-order valence-electron chi connectivity index (χ0n) is 11.0. The number of benzene rings is 2. The van der Waals surface area contributed by atoms with Crippen molar-refractivity contribution in [1.29, 1.82) is 0 Å². The summed E-state index contributed by atoms with van der Waals surface area (Å²) in [5.74, 6) is 0.342. The number of aliphatic hydroxyl groups excluding tert-OH is 1. The van der Waals surface area contributed by atoms with Gasteiger partial charge in [-0.3, -0.25) is 0 Å². The molecule has 20 heavy (non-hydrogen) atoms. The Kier molecular flexibility index (Phi) is 5.53. The molecule has 0 aliphatic heterocycles. The summed E-state index contributed by atoms with van der Waals surface area (Å²) in [6.07, 6.45) is -0.965. The standard InChI is InChI=1S/C16H17FO3/c17-15-9-5-4-8-14(15)16(18)12-19-10-11-20-13-6-2-1-3-7-13/h1-9,16,18H,10-12H2. The third-order valence-electron chi connectivity index (χ3n) is 2.78. The number of hydrogen-bond donors (Lipinski definition) is 1. The highest BCUT2D eigenvalue weighted by Gasteiger charge is 2.11. The summed E-state index contributed by atoms with van der Waals surface area (Å²) in [6.45, 7) is 0.757. The highest BCUT2D eigenvalue weighted by Crippen LogP contribution is 2.16. The summed E-state index contributed by atoms with van der Waals surface area (Å²) in [6, 6.07) is 15.5. The van der Waals surface area contributed by atoms with Gasteiger partial charge in [-0.1, -0.05) is 36.4 Å². The van der Waals surface area contributed by atoms with E-state index in [9.17, 15) is 9.50 Å². The molecule has 106 valence electrons. The number of hydrogen-bond acceptors (Lipinski definition) is 3. The van der Waals surface area contributed by atoms with Crippen LogP contribution < -0.4 is 4.74 Å². The Morgan fingerprint density at radius 2 is 1.65 bits per heavy atom. The minimum absolute atomic E-state index is 0.0408. The Morgan fingerprint density at radius 3 is 2.40 bits per heavy atom. The third-order valence-corrected chi connectivity index (χ3v) is 2.78. The minimum Gasteiger partial charge on any atom is -0.491 e. The van der Waals surface area contributed by atoms with E-state index in [1.54, 1.807) is 18.2 Å². The maximum Gasteiger partial charge on any atom is 0.129 e. The van der Waals surface area contributed by atoms with E-state index in [1.165, 1.54) is 6.07 Å². The Bertz CT molecular complexity index is 516. The number of rotatable bonds is 7. The maximum absolute atomic E-state index is 13.4. The summed E-state index contributed by atoms with van der Waals surface area (Å²) < 4.78 is 24.1. The molecule has 0 aliphatic rings. The van der Waals surface area contributed by atoms with Crippen molar-refractivity contribution in [2.75, 3.05) is 19.8 Å². The van der Waals surface area contributed by atoms with E-state index in [-0.39, 0.29) is 12.2 Å². The van der Waals surface area contributed by atoms with Crippen LogP contribution in [-0.4, -0.2) is 24.9 Å². The van der Waals surface area contributed by atoms with Gasteiger partial charge in [0.25, 0.3) is 0 Å². The molecule has 0 radical (unpaired) electrons. The van der Waals surface area contributed by atoms with Gasteiger partial charge in [0.1, 0.15) is 24.3 Å². The van der Waals surface area contributed by atoms with Crippen LogP contribution in [0.4, 0.5) is 4.39 Å². The lowest BCUT2D eigenvalue weighted by Crippen LogP contribution is -2.13. The number of halogens is 1. The van der Waals surface area contributed by atoms with Gasteiger partial charge >= 0.3 is 0 Å². The van der Waals surface area contributed by atoms with Crippen molar-refractivity contribution in [1.82, 2.24) is 0 Å². The van der Waals surface area contributed by atoms with Gasteiger partial charge < -0.3 is 14.6 Å². The first kappa shape index (κ1) is 14.5. The van der Waals surface area contributed by atoms with Crippen LogP contribution in [0.1, 0.15) is 11.7 Å². The van der Waals surface area contributed by atoms with Crippen molar-refractivity contribution in [3.8, 4) is 5.75 Å². The van der Waals surface area contributed by atoms with Crippen LogP contribution in [0, 0.1) is 5.82 Å². The largest absolute Gasteiger partial charge is 0.491 e. The van der Waals surface area contributed by atoms with Crippen molar-refractivity contribution < 1.29 is 19.0 Å². The SMILES string of the molecule is OC(COCCOc1ccccc1)c1ccccc1F. The van der Waals surface area contributed by atoms with Crippen molar-refractivity contribution in [3.05, 3.63) is 66.0 Å². The molecule has 0 saturated heterocycles. The highest BCUT2D eigenvalue weighted by atomic mass is 19.1. The molecule has 2 aromatic rings. The van der Waals surface area contributed by atoms with Crippen LogP contribution >= 0.6 is 0 Å². The van der Waals surface area contributed by atoms with Gasteiger partial charge in [-0.2, -0.15) is 0 Å². The molecular formula is C16H17FO3. The zero-order valence-corrected chi connectivity index (χ0v) is 11.0. The molecule has 0 saturated carbocycles. The predicted octanol–water partition coefficient (Wildman–Crippen LogP) is 2.95. The molecule has 2 aromatic carbocycles. The van der Waals surface area contributed by atoms with Gasteiger partial charge in [-0.15, -0.1) is 0 Å². The zero-order chi connectivity index (χ0) is 14.2. The molecule has 1 unspecified atom stereocenters. The molecule has 0 fully saturated rings. The Morgan fingerprint density at radius 1 is 0.950 bits per heavy atom. The van der Waals surface area contributed by atoms with E-state index in [0.717, 1.165) is 5.75 Å². The number of ether oxygens (including phenoxy) is 2. The van der Waals surface area contributed by atoms with E-state index >= 15 is 0 Å². The molecule has 0 aliphatic carbocycles. The van der Waals surface area contributed by atoms with E-state index in [4.69, 9.17) is 9.47 Å². The number of para-hydroxylation sites is 1. The topological polar surface area (TPSA) is 38.7 Å². The molecule has 0 spiro atoms. The second kappa shape index (κ2) is 7.62. The van der Waals surface area contributed by atoms with E-state index in [0.29, 0.717) is 13.2 Å². The van der Waals surface area contributed by atoms with Gasteiger partial charge in [0, 0.05) is 5.56 Å². The van der Waals surface area contributed by atoms with Gasteiger partial charge in [-0.05, 0) is 18.2 Å². The Balaban J connectivity index is 1.67. The van der Waals surface area contributed by atoms with Crippen molar-refractivity contribution in [2.45, 2.75) is 6.10 Å². The fourth-order valence-corrected chi connectivity index (χ4v) is 1.77. The molecule has 4 heteroatoms. The summed E-state index contributed by atoms with van der Waals surface area (Å²) >= 11 is 0. The fourth-order valence-electron chi connectivity index (χ4n) is 1.77. The molecule has 1 atom stereocenters. The lowest BCUT2D eigenvalue weighted by molar-refractivity contribution is 0.0225. The van der Waals surface area contributed by atoms with Crippen LogP contribution in [-0.2, 0) is 4.74 Å². The fraction of sp³-hybridized carbons (Fsp3) is 0.250. The predicted molar refractivity (Wildman–Crippen MR) is 74.1 cm³/mol. The molecule has 0 aromatic heterocycles. The second-order valence-electron chi connectivity index (χ2n) is 4.27. The third kappa shape index (κ3) is 4.33. The quantitative estimate of drug-likeness (QED) is 0.790. The van der Waals surface area contributed by atoms with Crippen LogP contribution in [0.5, 0.6) is 5.75 Å². The summed E-state index contributed by atoms with van der Waals surface area (Å²) in [7, 11) is 0. The van der Waals surface area contributed by atoms with Gasteiger partial charge in [-0.25, -0.2) is 4.39 Å². The second-order valence-corrected chi connectivity index (χ2v) is 4.27. The lowest BCUT2D eigenvalue weighted by Gasteiger charge is -2.12. The monoisotopic (exact) mass is 276 g/mol. The molecule has 3 nitrogen and oxygen atoms in total. The Hall–Kier alpha value is -1.91. The average Bonchev–Trinajstić information content (AvgIpc) is 2.48. The Labute approximate surface area is 117 Å². The van der Waals surface area contributed by atoms with Gasteiger partial charge in [0.05, 0.1) is 13.2 Å². The summed E-state index contributed by atoms with van der Waals surface area (Å²) in [5.41, 5.74) is 0.247. The van der Waals surface area contributed by atoms with Crippen LogP contribution in [0.2, 0.25) is 0 Å². The molecule has 0 amide bonds. The molecule has 2 rings (SSSR count). The smallest absolute Gasteiger partial charge is 0.129 e. The summed E-state index contributed by atoms with van der Waals surface area (Å²) in [4.78, 5) is 0. The molecular weight excluding hydrogens is 259 g/mol. The molecule has 0 heterocycles. The van der Waals surface area contributed by atoms with Crippen LogP contribution in [0.3, 0.4) is 0 Å². The van der Waals surface area contributed by atoms with Crippen LogP contribution in [0.25, 0.3) is 0 Å². The maximum atomic E-state index is 13.4. The minimum atomic E-state index is -0.965.